The second-order valence-corrected chi connectivity index (χ2v) is 5.13. The van der Waals surface area contributed by atoms with Crippen LogP contribution in [0.1, 0.15) is 36.2 Å². The average molecular weight is 272 g/mol. The van der Waals surface area contributed by atoms with E-state index in [1.807, 2.05) is 18.2 Å². The van der Waals surface area contributed by atoms with Crippen LogP contribution in [-0.2, 0) is 0 Å². The van der Waals surface area contributed by atoms with Gasteiger partial charge in [0.05, 0.1) is 12.1 Å². The fourth-order valence-electron chi connectivity index (χ4n) is 2.42. The number of benzene rings is 1. The van der Waals surface area contributed by atoms with E-state index in [4.69, 9.17) is 4.74 Å². The zero-order valence-electron chi connectivity index (χ0n) is 11.1. The predicted molar refractivity (Wildman–Crippen MR) is 74.0 cm³/mol. The molecular formula is C15H16N2O3. The van der Waals surface area contributed by atoms with Crippen LogP contribution in [0.5, 0.6) is 5.75 Å². The molecule has 1 saturated carbocycles. The van der Waals surface area contributed by atoms with Gasteiger partial charge in [0.1, 0.15) is 0 Å². The van der Waals surface area contributed by atoms with Crippen molar-refractivity contribution in [1.29, 1.82) is 0 Å². The fourth-order valence-corrected chi connectivity index (χ4v) is 2.42. The third kappa shape index (κ3) is 2.43. The molecular weight excluding hydrogens is 256 g/mol. The van der Waals surface area contributed by atoms with Crippen LogP contribution in [0, 0.1) is 5.92 Å². The number of rotatable bonds is 5. The van der Waals surface area contributed by atoms with E-state index in [1.54, 1.807) is 6.07 Å². The van der Waals surface area contributed by atoms with Crippen LogP contribution < -0.4 is 4.74 Å². The quantitative estimate of drug-likeness (QED) is 0.906. The van der Waals surface area contributed by atoms with Gasteiger partial charge < -0.3 is 9.84 Å². The van der Waals surface area contributed by atoms with Crippen LogP contribution in [-0.4, -0.2) is 27.9 Å². The van der Waals surface area contributed by atoms with E-state index >= 15 is 0 Å². The molecule has 0 unspecified atom stereocenters. The summed E-state index contributed by atoms with van der Waals surface area (Å²) < 4.78 is 5.73. The summed E-state index contributed by atoms with van der Waals surface area (Å²) in [6.45, 7) is 0.528. The van der Waals surface area contributed by atoms with E-state index in [0.29, 0.717) is 23.3 Å². The Morgan fingerprint density at radius 1 is 1.30 bits per heavy atom. The first-order chi connectivity index (χ1) is 9.75. The molecule has 1 N–H and O–H groups in total. The summed E-state index contributed by atoms with van der Waals surface area (Å²) in [5, 5.41) is 17.6. The highest BCUT2D eigenvalue weighted by Gasteiger charge is 2.20. The van der Waals surface area contributed by atoms with Crippen LogP contribution in [0.2, 0.25) is 0 Å². The molecule has 1 aliphatic carbocycles. The Morgan fingerprint density at radius 3 is 2.80 bits per heavy atom. The summed E-state index contributed by atoms with van der Waals surface area (Å²) in [6, 6.07) is 7.30. The summed E-state index contributed by atoms with van der Waals surface area (Å²) in [7, 11) is 0. The first kappa shape index (κ1) is 12.8. The number of carboxylic acid groups (broad SMARTS) is 1. The maximum Gasteiger partial charge on any atom is 0.360 e. The second-order valence-electron chi connectivity index (χ2n) is 5.13. The van der Waals surface area contributed by atoms with Crippen molar-refractivity contribution in [1.82, 2.24) is 10.2 Å². The Bertz CT molecular complexity index is 638. The van der Waals surface area contributed by atoms with E-state index in [2.05, 4.69) is 10.2 Å². The third-order valence-corrected chi connectivity index (χ3v) is 3.82. The van der Waals surface area contributed by atoms with Crippen LogP contribution in [0.3, 0.4) is 0 Å². The van der Waals surface area contributed by atoms with Crippen molar-refractivity contribution in [2.75, 3.05) is 6.61 Å². The molecule has 0 amide bonds. The van der Waals surface area contributed by atoms with Crippen LogP contribution in [0.25, 0.3) is 10.9 Å². The first-order valence-electron chi connectivity index (χ1n) is 6.87. The van der Waals surface area contributed by atoms with Gasteiger partial charge in [0.2, 0.25) is 5.69 Å². The van der Waals surface area contributed by atoms with Gasteiger partial charge in [-0.05, 0) is 24.5 Å². The average Bonchev–Trinajstić information content (AvgIpc) is 2.41. The van der Waals surface area contributed by atoms with Crippen molar-refractivity contribution >= 4 is 16.9 Å². The molecule has 2 aromatic rings. The minimum Gasteiger partial charge on any atom is -0.490 e. The molecule has 1 aromatic heterocycles. The number of fused-ring (bicyclic) bond motifs is 1. The third-order valence-electron chi connectivity index (χ3n) is 3.82. The number of nitrogens with zero attached hydrogens (tertiary/aromatic N) is 2. The SMILES string of the molecule is O=C(O)c1nnc2ccccc2c1OCCC1CCC1. The number of aromatic nitrogens is 2. The van der Waals surface area contributed by atoms with E-state index in [0.717, 1.165) is 12.3 Å². The van der Waals surface area contributed by atoms with Gasteiger partial charge in [-0.3, -0.25) is 0 Å². The molecule has 3 rings (SSSR count). The molecule has 0 saturated heterocycles. The number of hydrogen-bond donors (Lipinski definition) is 1. The zero-order valence-corrected chi connectivity index (χ0v) is 11.1. The lowest BCUT2D eigenvalue weighted by Gasteiger charge is -2.25. The molecule has 0 atom stereocenters. The highest BCUT2D eigenvalue weighted by molar-refractivity contribution is 5.96. The standard InChI is InChI=1S/C15H16N2O3/c18-15(19)13-14(20-9-8-10-4-3-5-10)11-6-1-2-7-12(11)16-17-13/h1-2,6-7,10H,3-5,8-9H2,(H,18,19). The van der Waals surface area contributed by atoms with E-state index < -0.39 is 5.97 Å². The van der Waals surface area contributed by atoms with Crippen molar-refractivity contribution in [3.63, 3.8) is 0 Å². The van der Waals surface area contributed by atoms with Crippen molar-refractivity contribution in [3.8, 4) is 5.75 Å². The Labute approximate surface area is 116 Å². The van der Waals surface area contributed by atoms with Gasteiger partial charge in [0.15, 0.2) is 5.75 Å². The zero-order chi connectivity index (χ0) is 13.9. The summed E-state index contributed by atoms with van der Waals surface area (Å²) in [4.78, 5) is 11.2. The van der Waals surface area contributed by atoms with Crippen molar-refractivity contribution in [2.24, 2.45) is 5.92 Å². The Morgan fingerprint density at radius 2 is 2.10 bits per heavy atom. The number of carboxylic acids is 1. The predicted octanol–water partition coefficient (Wildman–Crippen LogP) is 2.90. The maximum absolute atomic E-state index is 11.2. The molecule has 20 heavy (non-hydrogen) atoms. The molecule has 0 bridgehead atoms. The fraction of sp³-hybridized carbons (Fsp3) is 0.400. The van der Waals surface area contributed by atoms with Gasteiger partial charge in [0.25, 0.3) is 0 Å². The number of carbonyl (C=O) groups is 1. The Hall–Kier alpha value is -2.17. The van der Waals surface area contributed by atoms with Gasteiger partial charge in [-0.2, -0.15) is 0 Å². The normalized spacial score (nSPS) is 15.0. The Balaban J connectivity index is 1.88. The first-order valence-corrected chi connectivity index (χ1v) is 6.87. The van der Waals surface area contributed by atoms with Crippen molar-refractivity contribution in [3.05, 3.63) is 30.0 Å². The van der Waals surface area contributed by atoms with Gasteiger partial charge in [0, 0.05) is 5.39 Å². The van der Waals surface area contributed by atoms with Gasteiger partial charge in [-0.15, -0.1) is 10.2 Å². The van der Waals surface area contributed by atoms with E-state index in [9.17, 15) is 9.90 Å². The minimum absolute atomic E-state index is 0.114. The Kier molecular flexibility index (Phi) is 3.50. The monoisotopic (exact) mass is 272 g/mol. The van der Waals surface area contributed by atoms with Gasteiger partial charge >= 0.3 is 5.97 Å². The van der Waals surface area contributed by atoms with Crippen LogP contribution in [0.15, 0.2) is 24.3 Å². The molecule has 0 spiro atoms. The summed E-state index contributed by atoms with van der Waals surface area (Å²) in [5.41, 5.74) is 0.536. The molecule has 1 aromatic carbocycles. The smallest absolute Gasteiger partial charge is 0.360 e. The molecule has 1 aliphatic rings. The van der Waals surface area contributed by atoms with Crippen LogP contribution >= 0.6 is 0 Å². The number of hydrogen-bond acceptors (Lipinski definition) is 4. The summed E-state index contributed by atoms with van der Waals surface area (Å²) in [6.07, 6.45) is 4.77. The van der Waals surface area contributed by atoms with Crippen molar-refractivity contribution in [2.45, 2.75) is 25.7 Å². The highest BCUT2D eigenvalue weighted by atomic mass is 16.5. The lowest BCUT2D eigenvalue weighted by atomic mass is 9.83. The van der Waals surface area contributed by atoms with E-state index in [-0.39, 0.29) is 5.69 Å². The molecule has 0 radical (unpaired) electrons. The van der Waals surface area contributed by atoms with Gasteiger partial charge in [-0.1, -0.05) is 31.4 Å². The van der Waals surface area contributed by atoms with Gasteiger partial charge in [-0.25, -0.2) is 4.79 Å². The van der Waals surface area contributed by atoms with Crippen molar-refractivity contribution < 1.29 is 14.6 Å². The second kappa shape index (κ2) is 5.45. The molecule has 1 heterocycles. The van der Waals surface area contributed by atoms with E-state index in [1.165, 1.54) is 19.3 Å². The largest absolute Gasteiger partial charge is 0.490 e. The minimum atomic E-state index is -1.11. The summed E-state index contributed by atoms with van der Waals surface area (Å²) >= 11 is 0. The molecule has 5 nitrogen and oxygen atoms in total. The lowest BCUT2D eigenvalue weighted by Crippen LogP contribution is -2.16. The van der Waals surface area contributed by atoms with Crippen LogP contribution in [0.4, 0.5) is 0 Å². The molecule has 104 valence electrons. The topological polar surface area (TPSA) is 72.3 Å². The molecule has 5 heteroatoms. The molecule has 0 aliphatic heterocycles. The lowest BCUT2D eigenvalue weighted by molar-refractivity contribution is 0.0684. The number of aromatic carboxylic acids is 1. The summed E-state index contributed by atoms with van der Waals surface area (Å²) in [5.74, 6) is -0.0475. The highest BCUT2D eigenvalue weighted by Crippen LogP contribution is 2.31. The number of ether oxygens (including phenoxy) is 1. The maximum atomic E-state index is 11.2. The molecule has 1 fully saturated rings.